The van der Waals surface area contributed by atoms with Gasteiger partial charge in [-0.05, 0) is 12.8 Å². The predicted molar refractivity (Wildman–Crippen MR) is 88.1 cm³/mol. The molecular weight excluding hydrogens is 375 g/mol. The molecule has 2 radical (unpaired) electrons. The van der Waals surface area contributed by atoms with Gasteiger partial charge in [0.1, 0.15) is 0 Å². The molecule has 0 unspecified atom stereocenters. The van der Waals surface area contributed by atoms with Gasteiger partial charge in [-0.25, -0.2) is 9.59 Å². The van der Waals surface area contributed by atoms with Gasteiger partial charge in [-0.3, -0.25) is 0 Å². The van der Waals surface area contributed by atoms with Crippen LogP contribution in [0.3, 0.4) is 0 Å². The molecule has 0 aromatic rings. The fourth-order valence-electron chi connectivity index (χ4n) is 1.72. The molecule has 0 aliphatic heterocycles. The summed E-state index contributed by atoms with van der Waals surface area (Å²) in [4.78, 5) is 21.0. The van der Waals surface area contributed by atoms with E-state index >= 15 is 0 Å². The second-order valence-corrected chi connectivity index (χ2v) is 9.01. The zero-order valence-corrected chi connectivity index (χ0v) is 16.7. The van der Waals surface area contributed by atoms with Crippen LogP contribution in [0.15, 0.2) is 11.1 Å². The molecule has 0 saturated heterocycles. The number of carbonyl (C=O) groups is 2. The summed E-state index contributed by atoms with van der Waals surface area (Å²) in [6.07, 6.45) is 6.32. The maximum absolute atomic E-state index is 10.5. The first-order valence-corrected chi connectivity index (χ1v) is 11.9. The van der Waals surface area contributed by atoms with Crippen LogP contribution in [0, 0.1) is 0 Å². The van der Waals surface area contributed by atoms with E-state index in [1.54, 1.807) is 22.7 Å². The van der Waals surface area contributed by atoms with E-state index in [9.17, 15) is 9.59 Å². The van der Waals surface area contributed by atoms with E-state index in [1.807, 2.05) is 0 Å². The average Bonchev–Trinajstić information content (AvgIpc) is 2.44. The zero-order chi connectivity index (χ0) is 16.7. The van der Waals surface area contributed by atoms with Crippen LogP contribution in [0.25, 0.3) is 0 Å². The minimum absolute atomic E-state index is 0.00926. The fourth-order valence-corrected chi connectivity index (χ4v) is 5.87. The molecular formula is C16H30O4Sn. The van der Waals surface area contributed by atoms with Crippen LogP contribution in [-0.2, 0) is 9.59 Å². The molecule has 21 heavy (non-hydrogen) atoms. The van der Waals surface area contributed by atoms with E-state index in [0.29, 0.717) is 0 Å². The molecule has 0 amide bonds. The molecule has 2 N–H and O–H groups in total. The van der Waals surface area contributed by atoms with Crippen molar-refractivity contribution in [2.45, 2.75) is 75.1 Å². The monoisotopic (exact) mass is 406 g/mol. The molecule has 0 spiro atoms. The van der Waals surface area contributed by atoms with E-state index in [4.69, 9.17) is 10.2 Å². The van der Waals surface area contributed by atoms with Crippen molar-refractivity contribution in [3.63, 3.8) is 0 Å². The van der Waals surface area contributed by atoms with Crippen LogP contribution in [0.5, 0.6) is 0 Å². The van der Waals surface area contributed by atoms with Crippen molar-refractivity contribution in [2.24, 2.45) is 0 Å². The number of rotatable bonds is 10. The van der Waals surface area contributed by atoms with Gasteiger partial charge in [-0.15, -0.1) is 0 Å². The fraction of sp³-hybridized carbons (Fsp3) is 0.750. The van der Waals surface area contributed by atoms with Crippen molar-refractivity contribution in [1.29, 1.82) is 0 Å². The Morgan fingerprint density at radius 3 is 1.29 bits per heavy atom. The normalized spacial score (nSPS) is 11.2. The van der Waals surface area contributed by atoms with Gasteiger partial charge in [0.05, 0.1) is 0 Å². The van der Waals surface area contributed by atoms with Gasteiger partial charge >= 0.3 is 81.5 Å². The first-order valence-electron chi connectivity index (χ1n) is 7.85. The minimum atomic E-state index is -1.14. The number of carboxylic acid groups (broad SMARTS) is 2. The van der Waals surface area contributed by atoms with Gasteiger partial charge < -0.3 is 10.2 Å². The number of unbranched alkanes of at least 4 members (excludes halogenated alkanes) is 2. The van der Waals surface area contributed by atoms with Crippen LogP contribution in [-0.4, -0.2) is 43.3 Å². The Kier molecular flexibility index (Phi) is 17.2. The van der Waals surface area contributed by atoms with Gasteiger partial charge in [-0.2, -0.15) is 0 Å². The van der Waals surface area contributed by atoms with E-state index < -0.39 is 11.9 Å². The first-order chi connectivity index (χ1) is 9.95. The molecule has 0 aliphatic rings. The van der Waals surface area contributed by atoms with Gasteiger partial charge in [-0.1, -0.05) is 13.8 Å². The third kappa shape index (κ3) is 12.9. The topological polar surface area (TPSA) is 74.6 Å². The summed E-state index contributed by atoms with van der Waals surface area (Å²) < 4.78 is 3.25. The van der Waals surface area contributed by atoms with Gasteiger partial charge in [0.25, 0.3) is 0 Å². The molecule has 0 atom stereocenters. The van der Waals surface area contributed by atoms with Crippen molar-refractivity contribution < 1.29 is 19.8 Å². The Balaban J connectivity index is 0. The second kappa shape index (κ2) is 15.9. The molecule has 4 nitrogen and oxygen atoms in total. The predicted octanol–water partition coefficient (Wildman–Crippen LogP) is 4.40. The SMILES string of the molecule is CC/C(C(=O)O)=C(\CC)C(=O)O.CCC[CH2][Sn][CH2]CCC. The van der Waals surface area contributed by atoms with E-state index in [1.165, 1.54) is 25.7 Å². The summed E-state index contributed by atoms with van der Waals surface area (Å²) in [5.74, 6) is -2.28. The van der Waals surface area contributed by atoms with Gasteiger partial charge in [0, 0.05) is 11.1 Å². The molecule has 0 saturated carbocycles. The number of carboxylic acids is 2. The average molecular weight is 405 g/mol. The Hall–Kier alpha value is -0.521. The van der Waals surface area contributed by atoms with Gasteiger partial charge in [0.15, 0.2) is 0 Å². The van der Waals surface area contributed by atoms with E-state index in [2.05, 4.69) is 13.8 Å². The maximum atomic E-state index is 10.5. The number of hydrogen-bond acceptors (Lipinski definition) is 2. The Morgan fingerprint density at radius 1 is 0.762 bits per heavy atom. The van der Waals surface area contributed by atoms with Crippen LogP contribution < -0.4 is 0 Å². The van der Waals surface area contributed by atoms with Crippen molar-refractivity contribution in [1.82, 2.24) is 0 Å². The third-order valence-corrected chi connectivity index (χ3v) is 7.04. The number of aliphatic carboxylic acids is 2. The third-order valence-electron chi connectivity index (χ3n) is 3.00. The molecule has 0 fully saturated rings. The summed E-state index contributed by atoms with van der Waals surface area (Å²) in [5.41, 5.74) is -0.0185. The summed E-state index contributed by atoms with van der Waals surface area (Å²) >= 11 is 0.149. The van der Waals surface area contributed by atoms with Crippen LogP contribution in [0.1, 0.15) is 66.2 Å². The summed E-state index contributed by atoms with van der Waals surface area (Å²) in [6, 6.07) is 0. The summed E-state index contributed by atoms with van der Waals surface area (Å²) in [5, 5.41) is 17.2. The van der Waals surface area contributed by atoms with Crippen molar-refractivity contribution in [3.05, 3.63) is 11.1 Å². The second-order valence-electron chi connectivity index (χ2n) is 4.73. The van der Waals surface area contributed by atoms with Crippen molar-refractivity contribution in [2.75, 3.05) is 0 Å². The summed E-state index contributed by atoms with van der Waals surface area (Å²) in [6.45, 7) is 7.84. The van der Waals surface area contributed by atoms with Crippen LogP contribution >= 0.6 is 0 Å². The molecule has 5 heteroatoms. The molecule has 0 aliphatic carbocycles. The van der Waals surface area contributed by atoms with Crippen LogP contribution in [0.2, 0.25) is 8.87 Å². The molecule has 0 rings (SSSR count). The summed E-state index contributed by atoms with van der Waals surface area (Å²) in [7, 11) is 0. The Bertz CT molecular complexity index is 294. The van der Waals surface area contributed by atoms with Crippen molar-refractivity contribution in [3.8, 4) is 0 Å². The molecule has 122 valence electrons. The first kappa shape index (κ1) is 22.8. The molecule has 0 bridgehead atoms. The van der Waals surface area contributed by atoms with E-state index in [-0.39, 0.29) is 45.1 Å². The number of hydrogen-bond donors (Lipinski definition) is 2. The standard InChI is InChI=1S/C8H12O4.2C4H9.Sn/c1-3-5(7(9)10)6(4-2)8(11)12;2*1-3-4-2;/h3-4H2,1-2H3,(H,9,10)(H,11,12);2*1,3-4H2,2H3;/b6-5-;;;. The molecule has 0 aromatic carbocycles. The van der Waals surface area contributed by atoms with Gasteiger partial charge in [0.2, 0.25) is 0 Å². The van der Waals surface area contributed by atoms with E-state index in [0.717, 1.165) is 0 Å². The molecule has 0 heterocycles. The zero-order valence-electron chi connectivity index (χ0n) is 13.9. The Morgan fingerprint density at radius 2 is 1.10 bits per heavy atom. The molecule has 0 aromatic heterocycles. The van der Waals surface area contributed by atoms with Crippen LogP contribution in [0.4, 0.5) is 0 Å². The van der Waals surface area contributed by atoms with Crippen molar-refractivity contribution >= 4 is 33.1 Å². The Labute approximate surface area is 139 Å². The quantitative estimate of drug-likeness (QED) is 0.321.